The van der Waals surface area contributed by atoms with Gasteiger partial charge in [0.1, 0.15) is 12.4 Å². The molecule has 1 aromatic carbocycles. The third-order valence-corrected chi connectivity index (χ3v) is 6.28. The first-order valence-electron chi connectivity index (χ1n) is 12.0. The molecule has 1 aliphatic rings. The number of carboxylic acids is 1. The molecule has 0 aliphatic carbocycles. The Bertz CT molecular complexity index is 1250. The highest BCUT2D eigenvalue weighted by atomic mass is 19.1. The average molecular weight is 515 g/mol. The van der Waals surface area contributed by atoms with Crippen LogP contribution in [0.25, 0.3) is 11.6 Å². The Labute approximate surface area is 214 Å². The fraction of sp³-hybridized carbons (Fsp3) is 0.385. The van der Waals surface area contributed by atoms with E-state index in [1.54, 1.807) is 19.9 Å². The zero-order valence-corrected chi connectivity index (χ0v) is 21.3. The number of ether oxygens (including phenoxy) is 1. The first-order valence-corrected chi connectivity index (χ1v) is 12.0. The molecule has 1 aliphatic heterocycles. The molecule has 0 fully saturated rings. The second-order valence-electron chi connectivity index (χ2n) is 8.61. The van der Waals surface area contributed by atoms with Gasteiger partial charge in [-0.2, -0.15) is 0 Å². The van der Waals surface area contributed by atoms with Crippen molar-refractivity contribution in [2.75, 3.05) is 38.1 Å². The molecular weight excluding hydrogens is 483 g/mol. The topological polar surface area (TPSA) is 132 Å². The van der Waals surface area contributed by atoms with Crippen LogP contribution in [0.5, 0.6) is 0 Å². The summed E-state index contributed by atoms with van der Waals surface area (Å²) in [6.45, 7) is 8.80. The standard InChI is InChI=1S/C26H31FN4O6/c1-5-30(6-2)10-11-31(26(36)37-12-9-22(32)33)25(35)23-15(3)21(28-16(23)4)14-19-18-13-17(27)7-8-20(18)29-24(19)34/h7-8,13-14,28H,5-6,9-12H2,1-4H3,(H,29,34)(H,32,33). The highest BCUT2D eigenvalue weighted by Gasteiger charge is 2.30. The summed E-state index contributed by atoms with van der Waals surface area (Å²) < 4.78 is 18.9. The van der Waals surface area contributed by atoms with E-state index in [4.69, 9.17) is 9.84 Å². The maximum absolute atomic E-state index is 13.8. The molecule has 2 heterocycles. The van der Waals surface area contributed by atoms with Crippen molar-refractivity contribution < 1.29 is 33.4 Å². The molecule has 0 saturated carbocycles. The van der Waals surface area contributed by atoms with Crippen LogP contribution in [0.3, 0.4) is 0 Å². The molecule has 198 valence electrons. The van der Waals surface area contributed by atoms with E-state index in [0.29, 0.717) is 34.7 Å². The van der Waals surface area contributed by atoms with E-state index in [0.717, 1.165) is 18.0 Å². The van der Waals surface area contributed by atoms with Crippen LogP contribution in [0.2, 0.25) is 0 Å². The average Bonchev–Trinajstić information content (AvgIpc) is 3.30. The molecule has 2 aromatic rings. The highest BCUT2D eigenvalue weighted by molar-refractivity contribution is 6.35. The van der Waals surface area contributed by atoms with E-state index in [1.807, 2.05) is 18.7 Å². The van der Waals surface area contributed by atoms with Gasteiger partial charge in [-0.15, -0.1) is 0 Å². The predicted molar refractivity (Wildman–Crippen MR) is 136 cm³/mol. The van der Waals surface area contributed by atoms with Crippen LogP contribution < -0.4 is 5.32 Å². The Balaban J connectivity index is 1.93. The largest absolute Gasteiger partial charge is 0.481 e. The number of amides is 3. The molecule has 0 bridgehead atoms. The number of aliphatic carboxylic acids is 1. The number of carbonyl (C=O) groups excluding carboxylic acids is 3. The first kappa shape index (κ1) is 27.6. The van der Waals surface area contributed by atoms with Crippen LogP contribution in [0.4, 0.5) is 14.9 Å². The fourth-order valence-corrected chi connectivity index (χ4v) is 4.18. The van der Waals surface area contributed by atoms with Crippen LogP contribution in [0, 0.1) is 19.7 Å². The van der Waals surface area contributed by atoms with E-state index in [-0.39, 0.29) is 30.7 Å². The molecule has 0 unspecified atom stereocenters. The molecule has 0 radical (unpaired) electrons. The Morgan fingerprint density at radius 2 is 1.84 bits per heavy atom. The molecule has 11 heteroatoms. The summed E-state index contributed by atoms with van der Waals surface area (Å²) in [6, 6.07) is 4.00. The summed E-state index contributed by atoms with van der Waals surface area (Å²) in [5.74, 6) is -2.61. The van der Waals surface area contributed by atoms with Gasteiger partial charge in [-0.25, -0.2) is 14.1 Å². The van der Waals surface area contributed by atoms with Gasteiger partial charge in [-0.1, -0.05) is 13.8 Å². The van der Waals surface area contributed by atoms with Gasteiger partial charge in [-0.3, -0.25) is 14.4 Å². The number of likely N-dealkylation sites (N-methyl/N-ethyl adjacent to an activating group) is 1. The molecule has 3 N–H and O–H groups in total. The van der Waals surface area contributed by atoms with Crippen LogP contribution >= 0.6 is 0 Å². The smallest absolute Gasteiger partial charge is 0.416 e. The van der Waals surface area contributed by atoms with Crippen molar-refractivity contribution >= 4 is 41.2 Å². The van der Waals surface area contributed by atoms with Crippen molar-refractivity contribution in [2.45, 2.75) is 34.1 Å². The van der Waals surface area contributed by atoms with Gasteiger partial charge in [0.15, 0.2) is 0 Å². The van der Waals surface area contributed by atoms with Gasteiger partial charge >= 0.3 is 12.1 Å². The van der Waals surface area contributed by atoms with E-state index < -0.39 is 29.7 Å². The summed E-state index contributed by atoms with van der Waals surface area (Å²) >= 11 is 0. The number of nitrogens with zero attached hydrogens (tertiary/aromatic N) is 2. The molecule has 0 atom stereocenters. The van der Waals surface area contributed by atoms with Crippen molar-refractivity contribution in [1.29, 1.82) is 0 Å². The summed E-state index contributed by atoms with van der Waals surface area (Å²) in [5.41, 5.74) is 2.81. The summed E-state index contributed by atoms with van der Waals surface area (Å²) in [4.78, 5) is 55.8. The molecule has 37 heavy (non-hydrogen) atoms. The second kappa shape index (κ2) is 11.8. The number of nitrogens with one attached hydrogen (secondary N) is 2. The highest BCUT2D eigenvalue weighted by Crippen LogP contribution is 2.34. The Hall–Kier alpha value is -3.99. The Morgan fingerprint density at radius 3 is 2.49 bits per heavy atom. The number of carbonyl (C=O) groups is 4. The lowest BCUT2D eigenvalue weighted by molar-refractivity contribution is -0.137. The van der Waals surface area contributed by atoms with Crippen LogP contribution in [0.1, 0.15) is 53.1 Å². The lowest BCUT2D eigenvalue weighted by Crippen LogP contribution is -2.43. The minimum atomic E-state index is -1.12. The number of aryl methyl sites for hydroxylation is 1. The number of benzene rings is 1. The lowest BCUT2D eigenvalue weighted by atomic mass is 10.0. The molecular formula is C26H31FN4O6. The van der Waals surface area contributed by atoms with E-state index in [2.05, 4.69) is 10.3 Å². The fourth-order valence-electron chi connectivity index (χ4n) is 4.18. The SMILES string of the molecule is CCN(CC)CCN(C(=O)OCCC(=O)O)C(=O)c1c(C)[nH]c(C=C2C(=O)Nc3ccc(F)cc32)c1C. The van der Waals surface area contributed by atoms with E-state index in [1.165, 1.54) is 18.2 Å². The van der Waals surface area contributed by atoms with Gasteiger partial charge in [0.2, 0.25) is 0 Å². The molecule has 1 aromatic heterocycles. The van der Waals surface area contributed by atoms with Crippen molar-refractivity contribution in [1.82, 2.24) is 14.8 Å². The second-order valence-corrected chi connectivity index (χ2v) is 8.61. The number of anilines is 1. The molecule has 3 amide bonds. The number of carboxylic acid groups (broad SMARTS) is 1. The summed E-state index contributed by atoms with van der Waals surface area (Å²) in [6.07, 6.45) is 0.233. The molecule has 10 nitrogen and oxygen atoms in total. The zero-order valence-electron chi connectivity index (χ0n) is 21.3. The summed E-state index contributed by atoms with van der Waals surface area (Å²) in [7, 11) is 0. The number of halogens is 1. The zero-order chi connectivity index (χ0) is 27.3. The van der Waals surface area contributed by atoms with Crippen molar-refractivity contribution in [3.8, 4) is 0 Å². The Morgan fingerprint density at radius 1 is 1.14 bits per heavy atom. The number of aromatic nitrogens is 1. The minimum Gasteiger partial charge on any atom is -0.481 e. The molecule has 0 saturated heterocycles. The van der Waals surface area contributed by atoms with Gasteiger partial charge in [0, 0.05) is 35.7 Å². The maximum Gasteiger partial charge on any atom is 0.416 e. The van der Waals surface area contributed by atoms with Crippen molar-refractivity contribution in [3.05, 3.63) is 52.1 Å². The number of hydrogen-bond acceptors (Lipinski definition) is 6. The number of hydrogen-bond donors (Lipinski definition) is 3. The monoisotopic (exact) mass is 514 g/mol. The molecule has 3 rings (SSSR count). The minimum absolute atomic E-state index is 0.0436. The third-order valence-electron chi connectivity index (χ3n) is 6.28. The maximum atomic E-state index is 13.8. The van der Waals surface area contributed by atoms with Gasteiger partial charge in [0.05, 0.1) is 17.6 Å². The number of aromatic amines is 1. The number of H-pyrrole nitrogens is 1. The lowest BCUT2D eigenvalue weighted by Gasteiger charge is -2.25. The number of rotatable bonds is 10. The van der Waals surface area contributed by atoms with Gasteiger partial charge < -0.3 is 25.0 Å². The third kappa shape index (κ3) is 6.23. The van der Waals surface area contributed by atoms with Crippen LogP contribution in [-0.2, 0) is 14.3 Å². The van der Waals surface area contributed by atoms with Crippen molar-refractivity contribution in [2.24, 2.45) is 0 Å². The number of fused-ring (bicyclic) bond motifs is 1. The number of imide groups is 1. The van der Waals surface area contributed by atoms with Crippen molar-refractivity contribution in [3.63, 3.8) is 0 Å². The molecule has 0 spiro atoms. The van der Waals surface area contributed by atoms with Crippen LogP contribution in [0.15, 0.2) is 18.2 Å². The van der Waals surface area contributed by atoms with Crippen LogP contribution in [-0.4, -0.2) is 76.6 Å². The predicted octanol–water partition coefficient (Wildman–Crippen LogP) is 3.66. The first-order chi connectivity index (χ1) is 17.6. The van der Waals surface area contributed by atoms with E-state index in [9.17, 15) is 23.6 Å². The quantitative estimate of drug-likeness (QED) is 0.412. The van der Waals surface area contributed by atoms with Gasteiger partial charge in [-0.05, 0) is 56.8 Å². The van der Waals surface area contributed by atoms with Gasteiger partial charge in [0.25, 0.3) is 11.8 Å². The normalized spacial score (nSPS) is 13.6. The Kier molecular flexibility index (Phi) is 8.82. The van der Waals surface area contributed by atoms with E-state index >= 15 is 0 Å². The summed E-state index contributed by atoms with van der Waals surface area (Å²) in [5, 5.41) is 11.5.